The van der Waals surface area contributed by atoms with Crippen molar-refractivity contribution in [3.63, 3.8) is 0 Å². The summed E-state index contributed by atoms with van der Waals surface area (Å²) in [6.07, 6.45) is 0.488. The zero-order chi connectivity index (χ0) is 20.3. The van der Waals surface area contributed by atoms with Crippen LogP contribution in [-0.2, 0) is 16.0 Å². The van der Waals surface area contributed by atoms with Crippen LogP contribution in [0.25, 0.3) is 10.9 Å². The summed E-state index contributed by atoms with van der Waals surface area (Å²) in [5, 5.41) is 2.08. The van der Waals surface area contributed by atoms with Crippen molar-refractivity contribution in [3.05, 3.63) is 69.3 Å². The van der Waals surface area contributed by atoms with Crippen LogP contribution in [0.5, 0.6) is 0 Å². The first kappa shape index (κ1) is 18.5. The summed E-state index contributed by atoms with van der Waals surface area (Å²) in [7, 11) is 0. The van der Waals surface area contributed by atoms with Gasteiger partial charge in [0.2, 0.25) is 11.8 Å². The number of carbonyl (C=O) groups excluding carboxylic acids is 2. The lowest BCUT2D eigenvalue weighted by Crippen LogP contribution is -2.62. The summed E-state index contributed by atoms with van der Waals surface area (Å²) in [6.45, 7) is 2.50. The molecule has 2 amide bonds. The Hall–Kier alpha value is -2.50. The van der Waals surface area contributed by atoms with Crippen molar-refractivity contribution in [1.29, 1.82) is 0 Å². The van der Waals surface area contributed by atoms with Crippen molar-refractivity contribution in [2.75, 3.05) is 13.1 Å². The number of benzene rings is 2. The standard InChI is InChI=1S/C22H19Cl2N3O2/c1-2-26-11-19(28)27-18(22(26)29)10-15-13-5-3-4-6-17(13)25-20(15)21(27)14-8-7-12(23)9-16(14)24/h3-9,18,21,25H,2,10-11H2,1H3/t18-,21-/m0/s1. The van der Waals surface area contributed by atoms with Gasteiger partial charge in [0.1, 0.15) is 6.04 Å². The number of aromatic amines is 1. The fraction of sp³-hybridized carbons (Fsp3) is 0.273. The van der Waals surface area contributed by atoms with Crippen LogP contribution in [0.3, 0.4) is 0 Å². The topological polar surface area (TPSA) is 56.4 Å². The summed E-state index contributed by atoms with van der Waals surface area (Å²) in [5.41, 5.74) is 3.73. The van der Waals surface area contributed by atoms with E-state index in [-0.39, 0.29) is 18.4 Å². The molecule has 0 bridgehead atoms. The fourth-order valence-electron chi connectivity index (χ4n) is 4.64. The Kier molecular flexibility index (Phi) is 4.33. The second kappa shape index (κ2) is 6.78. The van der Waals surface area contributed by atoms with Gasteiger partial charge in [-0.3, -0.25) is 9.59 Å². The third kappa shape index (κ3) is 2.75. The molecule has 0 unspecified atom stereocenters. The number of halogens is 2. The van der Waals surface area contributed by atoms with Crippen LogP contribution in [-0.4, -0.2) is 45.7 Å². The normalized spacial score (nSPS) is 21.5. The maximum atomic E-state index is 13.2. The third-order valence-electron chi connectivity index (χ3n) is 5.98. The molecule has 2 aliphatic rings. The SMILES string of the molecule is CCN1CC(=O)N2[C@@H](c3ccc(Cl)cc3Cl)c3[nH]c4ccccc4c3C[C@H]2C1=O. The van der Waals surface area contributed by atoms with Crippen LogP contribution in [0.4, 0.5) is 0 Å². The highest BCUT2D eigenvalue weighted by Crippen LogP contribution is 2.44. The van der Waals surface area contributed by atoms with E-state index in [0.29, 0.717) is 23.0 Å². The molecule has 1 N–H and O–H groups in total. The third-order valence-corrected chi connectivity index (χ3v) is 6.54. The van der Waals surface area contributed by atoms with E-state index in [9.17, 15) is 9.59 Å². The van der Waals surface area contributed by atoms with Gasteiger partial charge in [-0.1, -0.05) is 47.5 Å². The number of para-hydroxylation sites is 1. The molecule has 2 aliphatic heterocycles. The first-order valence-electron chi connectivity index (χ1n) is 9.64. The summed E-state index contributed by atoms with van der Waals surface area (Å²) >= 11 is 12.7. The van der Waals surface area contributed by atoms with Gasteiger partial charge < -0.3 is 14.8 Å². The molecule has 2 atom stereocenters. The predicted molar refractivity (Wildman–Crippen MR) is 113 cm³/mol. The number of hydrogen-bond donors (Lipinski definition) is 1. The molecule has 3 heterocycles. The Bertz CT molecular complexity index is 1160. The molecular formula is C22H19Cl2N3O2. The molecule has 0 aliphatic carbocycles. The van der Waals surface area contributed by atoms with Crippen molar-refractivity contribution in [1.82, 2.24) is 14.8 Å². The van der Waals surface area contributed by atoms with Crippen LogP contribution in [0.1, 0.15) is 29.8 Å². The highest BCUT2D eigenvalue weighted by molar-refractivity contribution is 6.35. The number of amides is 2. The van der Waals surface area contributed by atoms with Crippen LogP contribution in [0, 0.1) is 0 Å². The summed E-state index contributed by atoms with van der Waals surface area (Å²) in [5.74, 6) is -0.0881. The molecule has 1 fully saturated rings. The molecule has 5 nitrogen and oxygen atoms in total. The molecular weight excluding hydrogens is 409 g/mol. The minimum Gasteiger partial charge on any atom is -0.356 e. The smallest absolute Gasteiger partial charge is 0.246 e. The molecule has 2 aromatic carbocycles. The highest BCUT2D eigenvalue weighted by Gasteiger charge is 2.48. The monoisotopic (exact) mass is 427 g/mol. The maximum absolute atomic E-state index is 13.2. The first-order chi connectivity index (χ1) is 14.0. The van der Waals surface area contributed by atoms with E-state index in [1.54, 1.807) is 21.9 Å². The number of nitrogens with zero attached hydrogens (tertiary/aromatic N) is 2. The highest BCUT2D eigenvalue weighted by atomic mass is 35.5. The lowest BCUT2D eigenvalue weighted by atomic mass is 9.86. The van der Waals surface area contributed by atoms with Gasteiger partial charge >= 0.3 is 0 Å². The zero-order valence-corrected chi connectivity index (χ0v) is 17.3. The van der Waals surface area contributed by atoms with Gasteiger partial charge in [-0.25, -0.2) is 0 Å². The Labute approximate surface area is 178 Å². The molecule has 1 aromatic heterocycles. The lowest BCUT2D eigenvalue weighted by molar-refractivity contribution is -0.158. The maximum Gasteiger partial charge on any atom is 0.246 e. The molecule has 0 saturated carbocycles. The summed E-state index contributed by atoms with van der Waals surface area (Å²) in [6, 6.07) is 12.3. The number of carbonyl (C=O) groups is 2. The summed E-state index contributed by atoms with van der Waals surface area (Å²) in [4.78, 5) is 33.2. The van der Waals surface area contributed by atoms with Gasteiger partial charge in [0, 0.05) is 39.6 Å². The predicted octanol–water partition coefficient (Wildman–Crippen LogP) is 4.18. The van der Waals surface area contributed by atoms with Crippen LogP contribution in [0.2, 0.25) is 10.0 Å². The van der Waals surface area contributed by atoms with Crippen molar-refractivity contribution in [3.8, 4) is 0 Å². The number of likely N-dealkylation sites (N-methyl/N-ethyl adjacent to an activating group) is 1. The number of rotatable bonds is 2. The Balaban J connectivity index is 1.76. The van der Waals surface area contributed by atoms with Gasteiger partial charge in [-0.05, 0) is 36.2 Å². The molecule has 0 spiro atoms. The zero-order valence-electron chi connectivity index (χ0n) is 15.8. The second-order valence-electron chi connectivity index (χ2n) is 7.50. The van der Waals surface area contributed by atoms with E-state index in [0.717, 1.165) is 27.7 Å². The molecule has 7 heteroatoms. The van der Waals surface area contributed by atoms with Gasteiger partial charge in [0.25, 0.3) is 0 Å². The van der Waals surface area contributed by atoms with E-state index < -0.39 is 12.1 Å². The van der Waals surface area contributed by atoms with Crippen molar-refractivity contribution < 1.29 is 9.59 Å². The summed E-state index contributed by atoms with van der Waals surface area (Å²) < 4.78 is 0. The van der Waals surface area contributed by atoms with Crippen LogP contribution < -0.4 is 0 Å². The van der Waals surface area contributed by atoms with Crippen molar-refractivity contribution >= 4 is 45.9 Å². The Morgan fingerprint density at radius 1 is 1.14 bits per heavy atom. The average molecular weight is 428 g/mol. The van der Waals surface area contributed by atoms with Gasteiger partial charge in [0.05, 0.1) is 12.6 Å². The van der Waals surface area contributed by atoms with E-state index >= 15 is 0 Å². The van der Waals surface area contributed by atoms with Gasteiger partial charge in [-0.15, -0.1) is 0 Å². The van der Waals surface area contributed by atoms with E-state index in [4.69, 9.17) is 23.2 Å². The molecule has 5 rings (SSSR count). The van der Waals surface area contributed by atoms with Crippen LogP contribution in [0.15, 0.2) is 42.5 Å². The number of piperazine rings is 1. The molecule has 148 valence electrons. The number of hydrogen-bond acceptors (Lipinski definition) is 2. The molecule has 1 saturated heterocycles. The first-order valence-corrected chi connectivity index (χ1v) is 10.4. The van der Waals surface area contributed by atoms with Gasteiger partial charge in [0.15, 0.2) is 0 Å². The van der Waals surface area contributed by atoms with Crippen molar-refractivity contribution in [2.45, 2.75) is 25.4 Å². The average Bonchev–Trinajstić information content (AvgIpc) is 3.08. The molecule has 0 radical (unpaired) electrons. The number of H-pyrrole nitrogens is 1. The Morgan fingerprint density at radius 3 is 2.69 bits per heavy atom. The largest absolute Gasteiger partial charge is 0.356 e. The number of aromatic nitrogens is 1. The fourth-order valence-corrected chi connectivity index (χ4v) is 5.15. The number of nitrogens with one attached hydrogen (secondary N) is 1. The number of fused-ring (bicyclic) bond motifs is 4. The quantitative estimate of drug-likeness (QED) is 0.666. The lowest BCUT2D eigenvalue weighted by Gasteiger charge is -2.47. The molecule has 29 heavy (non-hydrogen) atoms. The van der Waals surface area contributed by atoms with Gasteiger partial charge in [-0.2, -0.15) is 0 Å². The second-order valence-corrected chi connectivity index (χ2v) is 8.35. The van der Waals surface area contributed by atoms with E-state index in [1.807, 2.05) is 37.3 Å². The minimum atomic E-state index is -0.542. The van der Waals surface area contributed by atoms with Crippen molar-refractivity contribution in [2.24, 2.45) is 0 Å². The van der Waals surface area contributed by atoms with E-state index in [1.165, 1.54) is 0 Å². The van der Waals surface area contributed by atoms with E-state index in [2.05, 4.69) is 4.98 Å². The molecule has 3 aromatic rings. The van der Waals surface area contributed by atoms with Crippen LogP contribution >= 0.6 is 23.2 Å². The minimum absolute atomic E-state index is 0.0156. The Morgan fingerprint density at radius 2 is 1.93 bits per heavy atom.